The van der Waals surface area contributed by atoms with Crippen LogP contribution in [-0.2, 0) is 37.5 Å². The molecule has 0 heterocycles. The molecule has 0 aliphatic heterocycles. The fourth-order valence-electron chi connectivity index (χ4n) is 6.03. The molecule has 57 heavy (non-hydrogen) atoms. The number of phosphoric acid groups is 1. The van der Waals surface area contributed by atoms with E-state index in [4.69, 9.17) is 24.8 Å². The Balaban J connectivity index is 4.37. The van der Waals surface area contributed by atoms with Crippen molar-refractivity contribution in [3.8, 4) is 0 Å². The summed E-state index contributed by atoms with van der Waals surface area (Å²) in [4.78, 5) is 46.0. The molecule has 4 N–H and O–H groups in total. The highest BCUT2D eigenvalue weighted by atomic mass is 31.2. The number of phosphoric ester groups is 1. The number of carboxylic acid groups (broad SMARTS) is 1. The lowest BCUT2D eigenvalue weighted by molar-refractivity contribution is -0.161. The van der Waals surface area contributed by atoms with Gasteiger partial charge in [-0.1, -0.05) is 153 Å². The van der Waals surface area contributed by atoms with Crippen molar-refractivity contribution in [1.82, 2.24) is 0 Å². The smallest absolute Gasteiger partial charge is 0.472 e. The van der Waals surface area contributed by atoms with Crippen LogP contribution in [0.2, 0.25) is 0 Å². The fourth-order valence-corrected chi connectivity index (χ4v) is 6.81. The van der Waals surface area contributed by atoms with Crippen molar-refractivity contribution in [3.05, 3.63) is 36.5 Å². The van der Waals surface area contributed by atoms with Crippen molar-refractivity contribution in [3.63, 3.8) is 0 Å². The molecule has 12 heteroatoms. The molecule has 3 unspecified atom stereocenters. The minimum atomic E-state index is -4.72. The number of hydrogen-bond acceptors (Lipinski definition) is 9. The Morgan fingerprint density at radius 3 is 1.40 bits per heavy atom. The maximum Gasteiger partial charge on any atom is 0.472 e. The lowest BCUT2D eigenvalue weighted by atomic mass is 10.1. The van der Waals surface area contributed by atoms with Crippen LogP contribution in [0.15, 0.2) is 36.5 Å². The maximum atomic E-state index is 12.6. The molecule has 0 spiro atoms. The summed E-state index contributed by atoms with van der Waals surface area (Å²) >= 11 is 0. The molecule has 332 valence electrons. The average Bonchev–Trinajstić information content (AvgIpc) is 3.19. The molecule has 0 amide bonds. The predicted molar refractivity (Wildman–Crippen MR) is 231 cm³/mol. The van der Waals surface area contributed by atoms with Gasteiger partial charge in [0.25, 0.3) is 0 Å². The van der Waals surface area contributed by atoms with E-state index in [2.05, 4.69) is 54.8 Å². The van der Waals surface area contributed by atoms with Crippen molar-refractivity contribution < 1.29 is 47.5 Å². The minimum absolute atomic E-state index is 0.151. The topological polar surface area (TPSA) is 172 Å². The van der Waals surface area contributed by atoms with Gasteiger partial charge in [0.05, 0.1) is 13.2 Å². The quantitative estimate of drug-likeness (QED) is 0.0231. The molecule has 0 aromatic rings. The van der Waals surface area contributed by atoms with Gasteiger partial charge in [0.2, 0.25) is 0 Å². The monoisotopic (exact) mass is 828 g/mol. The van der Waals surface area contributed by atoms with E-state index in [1.165, 1.54) is 83.5 Å². The van der Waals surface area contributed by atoms with E-state index in [1.807, 2.05) is 0 Å². The first-order chi connectivity index (χ1) is 27.6. The number of ether oxygens (including phenoxy) is 2. The largest absolute Gasteiger partial charge is 0.480 e. The van der Waals surface area contributed by atoms with E-state index in [9.17, 15) is 23.8 Å². The zero-order chi connectivity index (χ0) is 42.1. The van der Waals surface area contributed by atoms with Gasteiger partial charge in [-0.2, -0.15) is 0 Å². The molecule has 0 saturated carbocycles. The van der Waals surface area contributed by atoms with Gasteiger partial charge in [-0.05, 0) is 70.6 Å². The molecule has 11 nitrogen and oxygen atoms in total. The van der Waals surface area contributed by atoms with Crippen LogP contribution in [-0.4, -0.2) is 59.9 Å². The normalized spacial score (nSPS) is 14.0. The summed E-state index contributed by atoms with van der Waals surface area (Å²) in [5, 5.41) is 8.89. The van der Waals surface area contributed by atoms with E-state index < -0.39 is 51.1 Å². The number of rotatable bonds is 42. The molecule has 0 aromatic carbocycles. The van der Waals surface area contributed by atoms with Gasteiger partial charge in [0, 0.05) is 12.8 Å². The van der Waals surface area contributed by atoms with Crippen LogP contribution in [0.25, 0.3) is 0 Å². The molecular formula is C45H82NO10P. The van der Waals surface area contributed by atoms with Gasteiger partial charge >= 0.3 is 25.7 Å². The van der Waals surface area contributed by atoms with Crippen LogP contribution < -0.4 is 5.73 Å². The third-order valence-corrected chi connectivity index (χ3v) is 10.6. The van der Waals surface area contributed by atoms with E-state index >= 15 is 0 Å². The van der Waals surface area contributed by atoms with Crippen LogP contribution in [0.3, 0.4) is 0 Å². The second kappa shape index (κ2) is 40.5. The summed E-state index contributed by atoms with van der Waals surface area (Å²) in [6.45, 7) is 2.77. The van der Waals surface area contributed by atoms with E-state index in [1.54, 1.807) is 0 Å². The average molecular weight is 828 g/mol. The predicted octanol–water partition coefficient (Wildman–Crippen LogP) is 12.0. The molecule has 0 aliphatic rings. The number of hydrogen-bond donors (Lipinski definition) is 3. The summed E-state index contributed by atoms with van der Waals surface area (Å²) in [6.07, 6.45) is 43.4. The lowest BCUT2D eigenvalue weighted by Crippen LogP contribution is -2.34. The molecular weight excluding hydrogens is 745 g/mol. The number of carbonyl (C=O) groups is 3. The summed E-state index contributed by atoms with van der Waals surface area (Å²) < 4.78 is 32.7. The zero-order valence-electron chi connectivity index (χ0n) is 35.9. The van der Waals surface area contributed by atoms with Gasteiger partial charge in [-0.25, -0.2) is 4.57 Å². The molecule has 0 aliphatic carbocycles. The highest BCUT2D eigenvalue weighted by Crippen LogP contribution is 2.43. The first-order valence-corrected chi connectivity index (χ1v) is 24.0. The Morgan fingerprint density at radius 2 is 0.930 bits per heavy atom. The van der Waals surface area contributed by atoms with E-state index in [0.717, 1.165) is 77.0 Å². The van der Waals surface area contributed by atoms with Gasteiger partial charge in [0.15, 0.2) is 6.10 Å². The van der Waals surface area contributed by atoms with E-state index in [-0.39, 0.29) is 19.4 Å². The Labute approximate surface area is 346 Å². The summed E-state index contributed by atoms with van der Waals surface area (Å²) in [6, 6.07) is -1.52. The van der Waals surface area contributed by atoms with Crippen molar-refractivity contribution in [1.29, 1.82) is 0 Å². The van der Waals surface area contributed by atoms with Gasteiger partial charge in [-0.15, -0.1) is 0 Å². The van der Waals surface area contributed by atoms with Crippen molar-refractivity contribution in [2.45, 2.75) is 212 Å². The number of carboxylic acids is 1. The molecule has 3 atom stereocenters. The van der Waals surface area contributed by atoms with Crippen LogP contribution in [0.5, 0.6) is 0 Å². The standard InChI is InChI=1S/C45H82NO10P/c1-3-5-7-9-11-13-15-17-19-20-21-23-25-27-29-31-33-35-37-44(48)56-41(39-54-57(51,52)55-40-42(46)45(49)50)38-53-43(47)36-34-32-30-28-26-24-22-18-16-14-12-10-8-6-4-2/h13,15,18-20,22,41-42H,3-12,14,16-17,21,23-40,46H2,1-2H3,(H,49,50)(H,51,52)/b15-13-,20-19-,22-18-. The second-order valence-corrected chi connectivity index (χ2v) is 16.6. The minimum Gasteiger partial charge on any atom is -0.480 e. The van der Waals surface area contributed by atoms with Crippen molar-refractivity contribution >= 4 is 25.7 Å². The Kier molecular flexibility index (Phi) is 38.8. The summed E-state index contributed by atoms with van der Waals surface area (Å²) in [7, 11) is -4.72. The van der Waals surface area contributed by atoms with Crippen LogP contribution >= 0.6 is 7.82 Å². The highest BCUT2D eigenvalue weighted by Gasteiger charge is 2.28. The molecule has 0 rings (SSSR count). The number of aliphatic carboxylic acids is 1. The Morgan fingerprint density at radius 1 is 0.544 bits per heavy atom. The number of unbranched alkanes of at least 4 members (excludes halogenated alkanes) is 22. The molecule has 0 saturated heterocycles. The SMILES string of the molecule is CCCCCC/C=C\C/C=C\CCCCCCCCCC(=O)OC(COC(=O)CCCCCCC/C=C\CCCCCCCC)COP(=O)(O)OCC(N)C(=O)O. The third kappa shape index (κ3) is 40.3. The van der Waals surface area contributed by atoms with Gasteiger partial charge in [0.1, 0.15) is 12.6 Å². The number of allylic oxidation sites excluding steroid dienone is 6. The third-order valence-electron chi connectivity index (χ3n) is 9.61. The van der Waals surface area contributed by atoms with Gasteiger partial charge in [-0.3, -0.25) is 23.4 Å². The van der Waals surface area contributed by atoms with Crippen LogP contribution in [0, 0.1) is 0 Å². The number of esters is 2. The summed E-state index contributed by atoms with van der Waals surface area (Å²) in [5.41, 5.74) is 5.33. The molecule has 0 aromatic heterocycles. The molecule has 0 radical (unpaired) electrons. The molecule has 0 bridgehead atoms. The second-order valence-electron chi connectivity index (χ2n) is 15.2. The van der Waals surface area contributed by atoms with Gasteiger partial charge < -0.3 is 25.2 Å². The number of carbonyl (C=O) groups excluding carboxylic acids is 2. The lowest BCUT2D eigenvalue weighted by Gasteiger charge is -2.20. The highest BCUT2D eigenvalue weighted by molar-refractivity contribution is 7.47. The first kappa shape index (κ1) is 54.7. The Bertz CT molecular complexity index is 1110. The van der Waals surface area contributed by atoms with E-state index in [0.29, 0.717) is 12.8 Å². The first-order valence-electron chi connectivity index (χ1n) is 22.5. The summed E-state index contributed by atoms with van der Waals surface area (Å²) in [5.74, 6) is -2.40. The van der Waals surface area contributed by atoms with Crippen LogP contribution in [0.1, 0.15) is 200 Å². The fraction of sp³-hybridized carbons (Fsp3) is 0.800. The van der Waals surface area contributed by atoms with Crippen molar-refractivity contribution in [2.24, 2.45) is 5.73 Å². The Hall–Kier alpha value is -2.30. The van der Waals surface area contributed by atoms with Crippen LogP contribution in [0.4, 0.5) is 0 Å². The molecule has 0 fully saturated rings. The number of nitrogens with two attached hydrogens (primary N) is 1. The van der Waals surface area contributed by atoms with Crippen molar-refractivity contribution in [2.75, 3.05) is 19.8 Å². The zero-order valence-corrected chi connectivity index (χ0v) is 36.8. The maximum absolute atomic E-state index is 12.6.